The van der Waals surface area contributed by atoms with Crippen LogP contribution in [0, 0.1) is 13.8 Å². The summed E-state index contributed by atoms with van der Waals surface area (Å²) in [6.07, 6.45) is 1.08. The Bertz CT molecular complexity index is 1130. The van der Waals surface area contributed by atoms with Crippen LogP contribution in [0.4, 0.5) is 0 Å². The monoisotopic (exact) mass is 376 g/mol. The first-order valence-electron chi connectivity index (χ1n) is 9.07. The standard InChI is InChI=1S/C22H20N2O4/c1-13-9-18-17(12-26-19(18)10-14(13)2)11-20(25)27-15(3)21-23-24-22(28-21)16-7-5-4-6-8-16/h4-10,12,15H,11H2,1-3H3/t15-/m0/s1. The van der Waals surface area contributed by atoms with Crippen molar-refractivity contribution in [3.63, 3.8) is 0 Å². The Morgan fingerprint density at radius 2 is 1.86 bits per heavy atom. The highest BCUT2D eigenvalue weighted by molar-refractivity contribution is 5.86. The van der Waals surface area contributed by atoms with E-state index >= 15 is 0 Å². The van der Waals surface area contributed by atoms with Gasteiger partial charge < -0.3 is 13.6 Å². The quantitative estimate of drug-likeness (QED) is 0.459. The number of hydrogen-bond donors (Lipinski definition) is 0. The van der Waals surface area contributed by atoms with Crippen LogP contribution in [0.15, 0.2) is 57.6 Å². The molecule has 2 heterocycles. The lowest BCUT2D eigenvalue weighted by Gasteiger charge is -2.09. The molecule has 4 rings (SSSR count). The van der Waals surface area contributed by atoms with Crippen LogP contribution in [0.3, 0.4) is 0 Å². The molecule has 0 unspecified atom stereocenters. The molecule has 28 heavy (non-hydrogen) atoms. The summed E-state index contributed by atoms with van der Waals surface area (Å²) in [5.41, 5.74) is 4.68. The highest BCUT2D eigenvalue weighted by Crippen LogP contribution is 2.26. The summed E-state index contributed by atoms with van der Waals surface area (Å²) in [6, 6.07) is 13.5. The summed E-state index contributed by atoms with van der Waals surface area (Å²) < 4.78 is 16.7. The molecule has 0 amide bonds. The number of ether oxygens (including phenoxy) is 1. The van der Waals surface area contributed by atoms with Crippen LogP contribution in [0.2, 0.25) is 0 Å². The topological polar surface area (TPSA) is 78.4 Å². The number of carbonyl (C=O) groups is 1. The van der Waals surface area contributed by atoms with Crippen molar-refractivity contribution >= 4 is 16.9 Å². The summed E-state index contributed by atoms with van der Waals surface area (Å²) in [6.45, 7) is 5.77. The van der Waals surface area contributed by atoms with Crippen molar-refractivity contribution in [3.05, 3.63) is 71.3 Å². The number of esters is 1. The number of fused-ring (bicyclic) bond motifs is 1. The summed E-state index contributed by atoms with van der Waals surface area (Å²) in [5, 5.41) is 8.96. The van der Waals surface area contributed by atoms with Crippen molar-refractivity contribution in [3.8, 4) is 11.5 Å². The van der Waals surface area contributed by atoms with Crippen LogP contribution < -0.4 is 0 Å². The van der Waals surface area contributed by atoms with E-state index < -0.39 is 6.10 Å². The number of aromatic nitrogens is 2. The molecule has 0 spiro atoms. The summed E-state index contributed by atoms with van der Waals surface area (Å²) in [4.78, 5) is 12.4. The Kier molecular flexibility index (Phi) is 4.69. The van der Waals surface area contributed by atoms with Gasteiger partial charge in [-0.25, -0.2) is 0 Å². The third-order valence-corrected chi connectivity index (χ3v) is 4.72. The first-order chi connectivity index (χ1) is 13.5. The van der Waals surface area contributed by atoms with E-state index in [1.54, 1.807) is 13.2 Å². The van der Waals surface area contributed by atoms with Gasteiger partial charge in [-0.05, 0) is 56.2 Å². The van der Waals surface area contributed by atoms with Gasteiger partial charge >= 0.3 is 5.97 Å². The van der Waals surface area contributed by atoms with Crippen LogP contribution >= 0.6 is 0 Å². The zero-order chi connectivity index (χ0) is 19.7. The maximum absolute atomic E-state index is 12.4. The molecule has 0 aliphatic heterocycles. The van der Waals surface area contributed by atoms with Gasteiger partial charge in [-0.1, -0.05) is 18.2 Å². The van der Waals surface area contributed by atoms with Crippen LogP contribution in [-0.2, 0) is 16.0 Å². The van der Waals surface area contributed by atoms with E-state index in [9.17, 15) is 4.79 Å². The molecule has 2 aromatic carbocycles. The van der Waals surface area contributed by atoms with Gasteiger partial charge in [0.1, 0.15) is 5.58 Å². The number of benzene rings is 2. The molecule has 0 fully saturated rings. The van der Waals surface area contributed by atoms with E-state index in [0.717, 1.165) is 33.2 Å². The van der Waals surface area contributed by atoms with Gasteiger partial charge in [0.2, 0.25) is 5.89 Å². The third kappa shape index (κ3) is 3.53. The van der Waals surface area contributed by atoms with Crippen molar-refractivity contribution < 1.29 is 18.4 Å². The molecule has 6 heteroatoms. The van der Waals surface area contributed by atoms with Crippen molar-refractivity contribution in [1.82, 2.24) is 10.2 Å². The minimum absolute atomic E-state index is 0.111. The summed E-state index contributed by atoms with van der Waals surface area (Å²) in [7, 11) is 0. The number of rotatable bonds is 5. The molecule has 1 atom stereocenters. The smallest absolute Gasteiger partial charge is 0.311 e. The largest absolute Gasteiger partial charge is 0.464 e. The Balaban J connectivity index is 1.45. The average molecular weight is 376 g/mol. The van der Waals surface area contributed by atoms with Crippen LogP contribution in [0.1, 0.15) is 35.6 Å². The van der Waals surface area contributed by atoms with Gasteiger partial charge in [-0.2, -0.15) is 0 Å². The second kappa shape index (κ2) is 7.31. The van der Waals surface area contributed by atoms with Gasteiger partial charge in [0.15, 0.2) is 6.10 Å². The lowest BCUT2D eigenvalue weighted by atomic mass is 10.0. The Morgan fingerprint density at radius 1 is 1.11 bits per heavy atom. The van der Waals surface area contributed by atoms with Crippen molar-refractivity contribution in [2.75, 3.05) is 0 Å². The highest BCUT2D eigenvalue weighted by Gasteiger charge is 2.20. The second-order valence-electron chi connectivity index (χ2n) is 6.81. The molecule has 0 bridgehead atoms. The normalized spacial score (nSPS) is 12.2. The molecule has 0 radical (unpaired) electrons. The van der Waals surface area contributed by atoms with Gasteiger partial charge in [-0.15, -0.1) is 10.2 Å². The number of furan rings is 1. The molecule has 0 aliphatic carbocycles. The van der Waals surface area contributed by atoms with E-state index in [0.29, 0.717) is 5.89 Å². The molecule has 0 saturated carbocycles. The van der Waals surface area contributed by atoms with Gasteiger partial charge in [0, 0.05) is 16.5 Å². The Morgan fingerprint density at radius 3 is 2.64 bits per heavy atom. The van der Waals surface area contributed by atoms with Crippen molar-refractivity contribution in [2.24, 2.45) is 0 Å². The first kappa shape index (κ1) is 18.0. The molecule has 0 saturated heterocycles. The molecule has 0 N–H and O–H groups in total. The molecular weight excluding hydrogens is 356 g/mol. The fourth-order valence-electron chi connectivity index (χ4n) is 3.01. The zero-order valence-electron chi connectivity index (χ0n) is 15.9. The third-order valence-electron chi connectivity index (χ3n) is 4.72. The minimum Gasteiger partial charge on any atom is -0.464 e. The second-order valence-corrected chi connectivity index (χ2v) is 6.81. The Labute approximate surface area is 162 Å². The van der Waals surface area contributed by atoms with E-state index in [4.69, 9.17) is 13.6 Å². The highest BCUT2D eigenvalue weighted by atomic mass is 16.6. The maximum Gasteiger partial charge on any atom is 0.311 e. The van der Waals surface area contributed by atoms with E-state index in [1.807, 2.05) is 56.3 Å². The average Bonchev–Trinajstić information content (AvgIpc) is 3.31. The summed E-state index contributed by atoms with van der Waals surface area (Å²) >= 11 is 0. The minimum atomic E-state index is -0.639. The molecule has 142 valence electrons. The number of hydrogen-bond acceptors (Lipinski definition) is 6. The fraction of sp³-hybridized carbons (Fsp3) is 0.227. The lowest BCUT2D eigenvalue weighted by molar-refractivity contribution is -0.148. The molecule has 4 aromatic rings. The van der Waals surface area contributed by atoms with Gasteiger partial charge in [0.05, 0.1) is 12.7 Å². The number of aryl methyl sites for hydroxylation is 2. The fourth-order valence-corrected chi connectivity index (χ4v) is 3.01. The summed E-state index contributed by atoms with van der Waals surface area (Å²) in [5.74, 6) is 0.272. The van der Waals surface area contributed by atoms with E-state index in [2.05, 4.69) is 10.2 Å². The van der Waals surface area contributed by atoms with Crippen LogP contribution in [-0.4, -0.2) is 16.2 Å². The predicted molar refractivity (Wildman–Crippen MR) is 104 cm³/mol. The molecule has 0 aliphatic rings. The Hall–Kier alpha value is -3.41. The molecule has 6 nitrogen and oxygen atoms in total. The van der Waals surface area contributed by atoms with E-state index in [-0.39, 0.29) is 18.3 Å². The molecule has 2 aromatic heterocycles. The van der Waals surface area contributed by atoms with Crippen molar-refractivity contribution in [1.29, 1.82) is 0 Å². The van der Waals surface area contributed by atoms with Crippen LogP contribution in [0.25, 0.3) is 22.4 Å². The first-order valence-corrected chi connectivity index (χ1v) is 9.07. The number of carbonyl (C=O) groups excluding carboxylic acids is 1. The lowest BCUT2D eigenvalue weighted by Crippen LogP contribution is -2.11. The molecular formula is C22H20N2O4. The van der Waals surface area contributed by atoms with Gasteiger partial charge in [-0.3, -0.25) is 4.79 Å². The van der Waals surface area contributed by atoms with Crippen molar-refractivity contribution in [2.45, 2.75) is 33.3 Å². The predicted octanol–water partition coefficient (Wildman–Crippen LogP) is 4.95. The van der Waals surface area contributed by atoms with Gasteiger partial charge in [0.25, 0.3) is 5.89 Å². The zero-order valence-corrected chi connectivity index (χ0v) is 15.9. The SMILES string of the molecule is Cc1cc2occ(CC(=O)O[C@@H](C)c3nnc(-c4ccccc4)o3)c2cc1C. The van der Waals surface area contributed by atoms with E-state index in [1.165, 1.54) is 0 Å². The number of nitrogens with zero attached hydrogens (tertiary/aromatic N) is 2. The maximum atomic E-state index is 12.4. The van der Waals surface area contributed by atoms with Crippen LogP contribution in [0.5, 0.6) is 0 Å².